The van der Waals surface area contributed by atoms with Crippen LogP contribution in [0.2, 0.25) is 0 Å². The van der Waals surface area contributed by atoms with Crippen LogP contribution >= 0.6 is 22.9 Å². The maximum atomic E-state index is 4.01. The van der Waals surface area contributed by atoms with E-state index in [0.717, 1.165) is 5.71 Å². The Labute approximate surface area is 58.1 Å². The fraction of sp³-hybridized carbons (Fsp3) is 0.750. The van der Waals surface area contributed by atoms with Crippen molar-refractivity contribution in [1.82, 2.24) is 3.22 Å². The van der Waals surface area contributed by atoms with E-state index in [1.165, 1.54) is 0 Å². The van der Waals surface area contributed by atoms with Gasteiger partial charge in [0.1, 0.15) is 0 Å². The van der Waals surface area contributed by atoms with Crippen LogP contribution in [-0.2, 0) is 0 Å². The Morgan fingerprint density at radius 1 is 1.57 bits per heavy atom. The van der Waals surface area contributed by atoms with Gasteiger partial charge in [-0.25, -0.2) is 3.22 Å². The molecule has 7 heavy (non-hydrogen) atoms. The van der Waals surface area contributed by atoms with E-state index in [9.17, 15) is 0 Å². The largest absolute Gasteiger partial charge is 0.240 e. The van der Waals surface area contributed by atoms with E-state index in [1.54, 1.807) is 3.22 Å². The summed E-state index contributed by atoms with van der Waals surface area (Å²) in [5, 5.41) is 4.01. The second-order valence-corrected chi connectivity index (χ2v) is 2.89. The average molecular weight is 212 g/mol. The molecule has 0 aromatic rings. The Kier molecular flexibility index (Phi) is 3.33. The first-order valence-electron chi connectivity index (χ1n) is 2.04. The molecular formula is C4H9IN2. The highest BCUT2D eigenvalue weighted by molar-refractivity contribution is 14.1. The normalized spacial score (nSPS) is 8.00. The summed E-state index contributed by atoms with van der Waals surface area (Å²) >= 11 is 2.10. The molecule has 0 saturated carbocycles. The Bertz CT molecular complexity index is 73.8. The summed E-state index contributed by atoms with van der Waals surface area (Å²) in [6.45, 7) is 3.93. The highest BCUT2D eigenvalue weighted by atomic mass is 127. The summed E-state index contributed by atoms with van der Waals surface area (Å²) in [6, 6.07) is 0. The van der Waals surface area contributed by atoms with Gasteiger partial charge in [-0.05, 0) is 13.8 Å². The van der Waals surface area contributed by atoms with Crippen molar-refractivity contribution in [3.05, 3.63) is 0 Å². The maximum Gasteiger partial charge on any atom is 0.0780 e. The molecule has 0 unspecified atom stereocenters. The van der Waals surface area contributed by atoms with Crippen molar-refractivity contribution >= 4 is 28.6 Å². The highest BCUT2D eigenvalue weighted by Gasteiger charge is 1.78. The molecule has 2 nitrogen and oxygen atoms in total. The smallest absolute Gasteiger partial charge is 0.0780 e. The Morgan fingerprint density at radius 2 is 2.00 bits per heavy atom. The summed E-state index contributed by atoms with van der Waals surface area (Å²) in [5.41, 5.74) is 1.08. The van der Waals surface area contributed by atoms with Crippen LogP contribution in [0.1, 0.15) is 13.8 Å². The fourth-order valence-corrected chi connectivity index (χ4v) is 0.707. The zero-order chi connectivity index (χ0) is 5.86. The molecule has 0 bridgehead atoms. The van der Waals surface area contributed by atoms with Crippen molar-refractivity contribution in [2.24, 2.45) is 5.10 Å². The van der Waals surface area contributed by atoms with Gasteiger partial charge in [0.15, 0.2) is 0 Å². The third-order valence-corrected chi connectivity index (χ3v) is 0.554. The molecular weight excluding hydrogens is 203 g/mol. The van der Waals surface area contributed by atoms with Crippen LogP contribution in [0.5, 0.6) is 0 Å². The second kappa shape index (κ2) is 3.23. The van der Waals surface area contributed by atoms with E-state index in [0.29, 0.717) is 0 Å². The molecule has 42 valence electrons. The van der Waals surface area contributed by atoms with Gasteiger partial charge in [-0.15, -0.1) is 0 Å². The predicted octanol–water partition coefficient (Wildman–Crippen LogP) is 1.66. The van der Waals surface area contributed by atoms with Crippen LogP contribution in [0.4, 0.5) is 0 Å². The van der Waals surface area contributed by atoms with Crippen molar-refractivity contribution in [1.29, 1.82) is 0 Å². The second-order valence-electron chi connectivity index (χ2n) is 1.49. The molecule has 0 atom stereocenters. The lowest BCUT2D eigenvalue weighted by Crippen LogP contribution is -1.95. The Hall–Kier alpha value is 0.200. The number of hydrogen-bond acceptors (Lipinski definition) is 2. The first-order chi connectivity index (χ1) is 3.13. The van der Waals surface area contributed by atoms with Crippen LogP contribution in [0.3, 0.4) is 0 Å². The van der Waals surface area contributed by atoms with Crippen molar-refractivity contribution < 1.29 is 0 Å². The molecule has 0 N–H and O–H groups in total. The molecule has 0 aliphatic heterocycles. The van der Waals surface area contributed by atoms with Crippen LogP contribution in [0.15, 0.2) is 5.10 Å². The van der Waals surface area contributed by atoms with Gasteiger partial charge in [-0.1, -0.05) is 0 Å². The van der Waals surface area contributed by atoms with Crippen molar-refractivity contribution in [3.63, 3.8) is 0 Å². The van der Waals surface area contributed by atoms with Gasteiger partial charge in [-0.2, -0.15) is 5.10 Å². The van der Waals surface area contributed by atoms with Gasteiger partial charge in [-0.3, -0.25) is 0 Å². The highest BCUT2D eigenvalue weighted by Crippen LogP contribution is 1.92. The van der Waals surface area contributed by atoms with E-state index < -0.39 is 0 Å². The zero-order valence-electron chi connectivity index (χ0n) is 4.77. The third-order valence-electron chi connectivity index (χ3n) is 0.338. The van der Waals surface area contributed by atoms with Gasteiger partial charge >= 0.3 is 0 Å². The van der Waals surface area contributed by atoms with Gasteiger partial charge in [0.05, 0.1) is 22.9 Å². The molecule has 0 spiro atoms. The molecule has 3 heteroatoms. The van der Waals surface area contributed by atoms with Crippen LogP contribution < -0.4 is 0 Å². The lowest BCUT2D eigenvalue weighted by atomic mass is 10.5. The monoisotopic (exact) mass is 212 g/mol. The fourth-order valence-electron chi connectivity index (χ4n) is 0.276. The molecule has 0 rings (SSSR count). The summed E-state index contributed by atoms with van der Waals surface area (Å²) in [4.78, 5) is 0. The standard InChI is InChI=1S/C4H9IN2/c1-4(2)6-7(3)5/h1-3H3. The molecule has 0 aromatic carbocycles. The molecule has 0 fully saturated rings. The van der Waals surface area contributed by atoms with Crippen molar-refractivity contribution in [2.45, 2.75) is 13.8 Å². The number of hydrazone groups is 1. The number of halogens is 1. The Balaban J connectivity index is 3.45. The summed E-state index contributed by atoms with van der Waals surface area (Å²) in [7, 11) is 1.90. The van der Waals surface area contributed by atoms with E-state index in [2.05, 4.69) is 28.0 Å². The van der Waals surface area contributed by atoms with E-state index in [4.69, 9.17) is 0 Å². The summed E-state index contributed by atoms with van der Waals surface area (Å²) in [5.74, 6) is 0. The third kappa shape index (κ3) is 6.20. The van der Waals surface area contributed by atoms with Gasteiger partial charge in [0.25, 0.3) is 0 Å². The topological polar surface area (TPSA) is 15.6 Å². The molecule has 0 aliphatic carbocycles. The molecule has 0 aliphatic rings. The number of rotatable bonds is 1. The van der Waals surface area contributed by atoms with Crippen LogP contribution in [-0.4, -0.2) is 16.0 Å². The van der Waals surface area contributed by atoms with Gasteiger partial charge < -0.3 is 0 Å². The lowest BCUT2D eigenvalue weighted by Gasteiger charge is -1.98. The zero-order valence-corrected chi connectivity index (χ0v) is 6.93. The first kappa shape index (κ1) is 7.20. The minimum absolute atomic E-state index is 1.08. The van der Waals surface area contributed by atoms with E-state index in [1.807, 2.05) is 20.9 Å². The Morgan fingerprint density at radius 3 is 2.00 bits per heavy atom. The van der Waals surface area contributed by atoms with Crippen LogP contribution in [0.25, 0.3) is 0 Å². The molecule has 0 heterocycles. The van der Waals surface area contributed by atoms with Gasteiger partial charge in [0, 0.05) is 12.8 Å². The maximum absolute atomic E-state index is 4.01. The molecule has 0 saturated heterocycles. The van der Waals surface area contributed by atoms with E-state index >= 15 is 0 Å². The van der Waals surface area contributed by atoms with Crippen molar-refractivity contribution in [3.8, 4) is 0 Å². The minimum atomic E-state index is 1.08. The summed E-state index contributed by atoms with van der Waals surface area (Å²) < 4.78 is 1.76. The van der Waals surface area contributed by atoms with Crippen LogP contribution in [0, 0.1) is 0 Å². The number of nitrogens with zero attached hydrogens (tertiary/aromatic N) is 2. The molecule has 0 aromatic heterocycles. The molecule has 0 radical (unpaired) electrons. The van der Waals surface area contributed by atoms with E-state index in [-0.39, 0.29) is 0 Å². The number of hydrogen-bond donors (Lipinski definition) is 0. The predicted molar refractivity (Wildman–Crippen MR) is 40.6 cm³/mol. The van der Waals surface area contributed by atoms with Crippen molar-refractivity contribution in [2.75, 3.05) is 7.05 Å². The first-order valence-corrected chi connectivity index (χ1v) is 3.00. The quantitative estimate of drug-likeness (QED) is 0.279. The average Bonchev–Trinajstić information content (AvgIpc) is 1.27. The lowest BCUT2D eigenvalue weighted by molar-refractivity contribution is 0.665. The SMILES string of the molecule is CC(C)=NN(C)I. The molecule has 0 amide bonds. The van der Waals surface area contributed by atoms with Gasteiger partial charge in [0.2, 0.25) is 0 Å². The minimum Gasteiger partial charge on any atom is -0.240 e. The summed E-state index contributed by atoms with van der Waals surface area (Å²) in [6.07, 6.45) is 0.